The van der Waals surface area contributed by atoms with E-state index in [-0.39, 0.29) is 0 Å². The number of hydrogen-bond acceptors (Lipinski definition) is 3. The van der Waals surface area contributed by atoms with Gasteiger partial charge >= 0.3 is 0 Å². The summed E-state index contributed by atoms with van der Waals surface area (Å²) in [5.41, 5.74) is 8.61. The van der Waals surface area contributed by atoms with Crippen molar-refractivity contribution in [3.63, 3.8) is 0 Å². The summed E-state index contributed by atoms with van der Waals surface area (Å²) < 4.78 is 0. The van der Waals surface area contributed by atoms with Gasteiger partial charge in [-0.1, -0.05) is 54.8 Å². The lowest BCUT2D eigenvalue weighted by atomic mass is 9.78. The van der Waals surface area contributed by atoms with Gasteiger partial charge in [0.05, 0.1) is 10.7 Å². The Labute approximate surface area is 195 Å². The Morgan fingerprint density at radius 1 is 1.06 bits per heavy atom. The highest BCUT2D eigenvalue weighted by Crippen LogP contribution is 2.42. The molecule has 1 saturated carbocycles. The van der Waals surface area contributed by atoms with Gasteiger partial charge in [-0.2, -0.15) is 0 Å². The van der Waals surface area contributed by atoms with Crippen LogP contribution in [-0.2, 0) is 31.2 Å². The van der Waals surface area contributed by atoms with Gasteiger partial charge in [0.15, 0.2) is 0 Å². The molecule has 2 aliphatic rings. The minimum Gasteiger partial charge on any atom is -0.310 e. The number of aromatic nitrogens is 1. The van der Waals surface area contributed by atoms with Crippen molar-refractivity contribution in [3.8, 4) is 0 Å². The monoisotopic (exact) mass is 450 g/mol. The summed E-state index contributed by atoms with van der Waals surface area (Å²) in [5, 5.41) is 7.95. The second-order valence-electron chi connectivity index (χ2n) is 9.37. The molecule has 3 aromatic rings. The van der Waals surface area contributed by atoms with E-state index in [0.717, 1.165) is 35.2 Å². The van der Waals surface area contributed by atoms with Crippen molar-refractivity contribution < 1.29 is 0 Å². The minimum absolute atomic E-state index is 0.297. The molecule has 1 fully saturated rings. The second-order valence-corrected chi connectivity index (χ2v) is 10.7. The third-order valence-electron chi connectivity index (χ3n) is 7.32. The molecule has 1 N–H and O–H groups in total. The fraction of sp³-hybridized carbons (Fsp3) is 0.444. The molecule has 0 unspecified atom stereocenters. The van der Waals surface area contributed by atoms with Crippen LogP contribution in [0.3, 0.4) is 0 Å². The van der Waals surface area contributed by atoms with Gasteiger partial charge in [-0.05, 0) is 72.9 Å². The Morgan fingerprint density at radius 3 is 2.74 bits per heavy atom. The highest BCUT2D eigenvalue weighted by molar-refractivity contribution is 7.09. The zero-order valence-corrected chi connectivity index (χ0v) is 19.9. The van der Waals surface area contributed by atoms with Crippen LogP contribution in [0.15, 0.2) is 41.8 Å². The molecule has 0 atom stereocenters. The summed E-state index contributed by atoms with van der Waals surface area (Å²) >= 11 is 8.16. The van der Waals surface area contributed by atoms with E-state index in [1.807, 2.05) is 12.1 Å². The molecule has 1 heterocycles. The first-order valence-electron chi connectivity index (χ1n) is 11.6. The molecule has 0 amide bonds. The standard InChI is InChI=1S/C27H31ClN2S/c1-19-6-4-9-25(28)24(19)15-26-30-23(17-31-26)16-29-18-27(12-2-3-13-27)22-11-10-20-7-5-8-21(20)14-22/h4,6,9-11,14,17,29H,2-3,5,7-8,12-13,15-16,18H2,1H3. The first-order valence-corrected chi connectivity index (χ1v) is 12.9. The molecule has 0 bridgehead atoms. The summed E-state index contributed by atoms with van der Waals surface area (Å²) in [4.78, 5) is 4.89. The predicted molar refractivity (Wildman–Crippen MR) is 131 cm³/mol. The van der Waals surface area contributed by atoms with Crippen molar-refractivity contribution >= 4 is 22.9 Å². The Bertz CT molecular complexity index is 1040. The summed E-state index contributed by atoms with van der Waals surface area (Å²) in [6.45, 7) is 4.00. The fourth-order valence-electron chi connectivity index (χ4n) is 5.50. The van der Waals surface area contributed by atoms with Crippen molar-refractivity contribution in [1.29, 1.82) is 0 Å². The first kappa shape index (κ1) is 21.2. The predicted octanol–water partition coefficient (Wildman–Crippen LogP) is 6.79. The van der Waals surface area contributed by atoms with Crippen molar-refractivity contribution in [2.24, 2.45) is 0 Å². The largest absolute Gasteiger partial charge is 0.310 e. The topological polar surface area (TPSA) is 24.9 Å². The molecule has 162 valence electrons. The molecule has 2 aromatic carbocycles. The molecule has 0 aliphatic heterocycles. The molecule has 2 nitrogen and oxygen atoms in total. The lowest BCUT2D eigenvalue weighted by Gasteiger charge is -2.30. The Balaban J connectivity index is 1.24. The van der Waals surface area contributed by atoms with Crippen LogP contribution in [0.2, 0.25) is 5.02 Å². The van der Waals surface area contributed by atoms with Crippen molar-refractivity contribution in [1.82, 2.24) is 10.3 Å². The third-order valence-corrected chi connectivity index (χ3v) is 8.57. The van der Waals surface area contributed by atoms with Crippen LogP contribution >= 0.6 is 22.9 Å². The fourth-order valence-corrected chi connectivity index (χ4v) is 6.60. The molecule has 0 radical (unpaired) electrons. The lowest BCUT2D eigenvalue weighted by Crippen LogP contribution is -2.35. The third kappa shape index (κ3) is 4.46. The van der Waals surface area contributed by atoms with E-state index in [4.69, 9.17) is 16.6 Å². The van der Waals surface area contributed by atoms with Gasteiger partial charge < -0.3 is 5.32 Å². The Kier molecular flexibility index (Phi) is 6.19. The molecular formula is C27H31ClN2S. The lowest BCUT2D eigenvalue weighted by molar-refractivity contribution is 0.403. The van der Waals surface area contributed by atoms with Crippen molar-refractivity contribution in [2.45, 2.75) is 70.3 Å². The van der Waals surface area contributed by atoms with Gasteiger partial charge in [-0.3, -0.25) is 0 Å². The molecule has 1 aromatic heterocycles. The molecule has 2 aliphatic carbocycles. The molecule has 5 rings (SSSR count). The van der Waals surface area contributed by atoms with E-state index < -0.39 is 0 Å². The van der Waals surface area contributed by atoms with Gasteiger partial charge in [-0.25, -0.2) is 4.98 Å². The van der Waals surface area contributed by atoms with E-state index in [9.17, 15) is 0 Å². The summed E-state index contributed by atoms with van der Waals surface area (Å²) in [5.74, 6) is 0. The van der Waals surface area contributed by atoms with Gasteiger partial charge in [0.1, 0.15) is 0 Å². The maximum absolute atomic E-state index is 6.42. The summed E-state index contributed by atoms with van der Waals surface area (Å²) in [6, 6.07) is 13.5. The number of rotatable bonds is 7. The Morgan fingerprint density at radius 2 is 1.90 bits per heavy atom. The van der Waals surface area contributed by atoms with Gasteiger partial charge in [0.25, 0.3) is 0 Å². The maximum atomic E-state index is 6.42. The maximum Gasteiger partial charge on any atom is 0.0973 e. The second kappa shape index (κ2) is 9.05. The van der Waals surface area contributed by atoms with E-state index in [1.54, 1.807) is 28.0 Å². The summed E-state index contributed by atoms with van der Waals surface area (Å²) in [6.07, 6.45) is 9.95. The number of thiazole rings is 1. The molecule has 0 spiro atoms. The van der Waals surface area contributed by atoms with Crippen LogP contribution in [0.5, 0.6) is 0 Å². The number of benzene rings is 2. The quantitative estimate of drug-likeness (QED) is 0.428. The van der Waals surface area contributed by atoms with Crippen LogP contribution in [0.25, 0.3) is 0 Å². The van der Waals surface area contributed by atoms with Gasteiger partial charge in [0, 0.05) is 35.3 Å². The highest BCUT2D eigenvalue weighted by Gasteiger charge is 2.35. The number of fused-ring (bicyclic) bond motifs is 1. The number of nitrogens with one attached hydrogen (secondary N) is 1. The van der Waals surface area contributed by atoms with Crippen LogP contribution in [0.1, 0.15) is 70.6 Å². The van der Waals surface area contributed by atoms with E-state index >= 15 is 0 Å². The van der Waals surface area contributed by atoms with Gasteiger partial charge in [0.2, 0.25) is 0 Å². The Hall–Kier alpha value is -1.68. The smallest absolute Gasteiger partial charge is 0.0973 e. The average molecular weight is 451 g/mol. The van der Waals surface area contributed by atoms with Crippen molar-refractivity contribution in [3.05, 3.63) is 85.3 Å². The van der Waals surface area contributed by atoms with Crippen LogP contribution < -0.4 is 5.32 Å². The normalized spacial score (nSPS) is 17.2. The SMILES string of the molecule is Cc1cccc(Cl)c1Cc1nc(CNCC2(c3ccc4c(c3)CCC4)CCCC2)cs1. The minimum atomic E-state index is 0.297. The highest BCUT2D eigenvalue weighted by atomic mass is 35.5. The molecular weight excluding hydrogens is 420 g/mol. The molecule has 31 heavy (non-hydrogen) atoms. The zero-order valence-electron chi connectivity index (χ0n) is 18.3. The van der Waals surface area contributed by atoms with Crippen molar-refractivity contribution in [2.75, 3.05) is 6.54 Å². The van der Waals surface area contributed by atoms with Crippen LogP contribution in [-0.4, -0.2) is 11.5 Å². The number of nitrogens with zero attached hydrogens (tertiary/aromatic N) is 1. The number of hydrogen-bond donors (Lipinski definition) is 1. The van der Waals surface area contributed by atoms with Gasteiger partial charge in [-0.15, -0.1) is 11.3 Å². The van der Waals surface area contributed by atoms with E-state index in [0.29, 0.717) is 5.41 Å². The molecule has 0 saturated heterocycles. The number of aryl methyl sites for hydroxylation is 3. The molecule has 4 heteroatoms. The zero-order chi connectivity index (χ0) is 21.3. The van der Waals surface area contributed by atoms with E-state index in [1.165, 1.54) is 56.1 Å². The average Bonchev–Trinajstić information content (AvgIpc) is 3.52. The van der Waals surface area contributed by atoms with Crippen LogP contribution in [0.4, 0.5) is 0 Å². The first-order chi connectivity index (χ1) is 15.1. The van der Waals surface area contributed by atoms with E-state index in [2.05, 4.69) is 41.9 Å². The summed E-state index contributed by atoms with van der Waals surface area (Å²) in [7, 11) is 0. The number of halogens is 1. The van der Waals surface area contributed by atoms with Crippen LogP contribution in [0, 0.1) is 6.92 Å².